The van der Waals surface area contributed by atoms with Crippen LogP contribution in [0.1, 0.15) is 38.9 Å². The molecule has 1 aromatic rings. The van der Waals surface area contributed by atoms with Crippen molar-refractivity contribution < 1.29 is 0 Å². The van der Waals surface area contributed by atoms with E-state index in [9.17, 15) is 0 Å². The highest BCUT2D eigenvalue weighted by molar-refractivity contribution is 5.48. The topological polar surface area (TPSA) is 53.1 Å². The van der Waals surface area contributed by atoms with Gasteiger partial charge in [-0.1, -0.05) is 6.92 Å². The molecule has 1 fully saturated rings. The van der Waals surface area contributed by atoms with Crippen molar-refractivity contribution in [1.29, 1.82) is 0 Å². The van der Waals surface area contributed by atoms with Gasteiger partial charge in [0.1, 0.15) is 17.5 Å². The van der Waals surface area contributed by atoms with E-state index < -0.39 is 0 Å². The molecule has 1 aliphatic heterocycles. The van der Waals surface area contributed by atoms with Crippen molar-refractivity contribution >= 4 is 11.6 Å². The fourth-order valence-corrected chi connectivity index (χ4v) is 2.61. The molecule has 0 radical (unpaired) electrons. The van der Waals surface area contributed by atoms with Gasteiger partial charge in [-0.3, -0.25) is 0 Å². The van der Waals surface area contributed by atoms with Crippen molar-refractivity contribution in [1.82, 2.24) is 14.9 Å². The summed E-state index contributed by atoms with van der Waals surface area (Å²) >= 11 is 0. The number of aromatic nitrogens is 2. The van der Waals surface area contributed by atoms with Crippen molar-refractivity contribution in [2.75, 3.05) is 30.8 Å². The lowest BCUT2D eigenvalue weighted by atomic mass is 9.99. The molecule has 0 aromatic carbocycles. The zero-order valence-corrected chi connectivity index (χ0v) is 13.1. The molecule has 0 aliphatic carbocycles. The van der Waals surface area contributed by atoms with Gasteiger partial charge in [-0.15, -0.1) is 0 Å². The molecule has 2 N–H and O–H groups in total. The molecular weight excluding hydrogens is 250 g/mol. The third kappa shape index (κ3) is 4.07. The van der Waals surface area contributed by atoms with E-state index in [0.717, 1.165) is 43.4 Å². The molecule has 2 heterocycles. The number of nitrogens with zero attached hydrogens (tertiary/aromatic N) is 3. The number of hydrogen-bond acceptors (Lipinski definition) is 5. The largest absolute Gasteiger partial charge is 0.370 e. The Hall–Kier alpha value is -1.36. The minimum absolute atomic E-state index is 0.509. The Morgan fingerprint density at radius 2 is 2.10 bits per heavy atom. The third-order valence-corrected chi connectivity index (χ3v) is 3.95. The smallest absolute Gasteiger partial charge is 0.132 e. The average Bonchev–Trinajstić information content (AvgIpc) is 2.40. The van der Waals surface area contributed by atoms with Gasteiger partial charge in [-0.2, -0.15) is 0 Å². The van der Waals surface area contributed by atoms with Gasteiger partial charge in [0, 0.05) is 31.2 Å². The minimum Gasteiger partial charge on any atom is -0.370 e. The van der Waals surface area contributed by atoms with Crippen LogP contribution in [-0.2, 0) is 0 Å². The van der Waals surface area contributed by atoms with Crippen LogP contribution in [0.25, 0.3) is 0 Å². The summed E-state index contributed by atoms with van der Waals surface area (Å²) in [6.45, 7) is 8.47. The first-order valence-electron chi connectivity index (χ1n) is 7.64. The summed E-state index contributed by atoms with van der Waals surface area (Å²) < 4.78 is 0. The van der Waals surface area contributed by atoms with Crippen LogP contribution in [0, 0.1) is 6.92 Å². The number of hydrogen-bond donors (Lipinski definition) is 2. The van der Waals surface area contributed by atoms with Crippen molar-refractivity contribution in [3.8, 4) is 0 Å². The van der Waals surface area contributed by atoms with Crippen LogP contribution in [0.15, 0.2) is 6.07 Å². The molecule has 112 valence electrons. The van der Waals surface area contributed by atoms with E-state index >= 15 is 0 Å². The standard InChI is InChI=1S/C15H27N5/c1-5-7-16-14-10-15(18-12(3)17-14)19-13-6-8-20(4)11(2)9-13/h10-11,13H,5-9H2,1-4H3,(H2,16,17,18,19). The second-order valence-corrected chi connectivity index (χ2v) is 5.81. The fraction of sp³-hybridized carbons (Fsp3) is 0.733. The second kappa shape index (κ2) is 6.88. The van der Waals surface area contributed by atoms with Gasteiger partial charge in [0.25, 0.3) is 0 Å². The van der Waals surface area contributed by atoms with Crippen molar-refractivity contribution in [3.05, 3.63) is 11.9 Å². The molecule has 1 aromatic heterocycles. The highest BCUT2D eigenvalue weighted by Gasteiger charge is 2.22. The molecule has 5 heteroatoms. The van der Waals surface area contributed by atoms with Gasteiger partial charge < -0.3 is 15.5 Å². The maximum absolute atomic E-state index is 4.50. The van der Waals surface area contributed by atoms with Crippen LogP contribution >= 0.6 is 0 Å². The van der Waals surface area contributed by atoms with E-state index in [2.05, 4.69) is 46.4 Å². The predicted octanol–water partition coefficient (Wildman–Crippen LogP) is 2.50. The lowest BCUT2D eigenvalue weighted by Gasteiger charge is -2.35. The summed E-state index contributed by atoms with van der Waals surface area (Å²) in [6.07, 6.45) is 3.43. The highest BCUT2D eigenvalue weighted by atomic mass is 15.2. The molecule has 0 spiro atoms. The second-order valence-electron chi connectivity index (χ2n) is 5.81. The van der Waals surface area contributed by atoms with Crippen molar-refractivity contribution in [2.45, 2.75) is 52.1 Å². The predicted molar refractivity (Wildman–Crippen MR) is 84.3 cm³/mol. The first-order valence-corrected chi connectivity index (χ1v) is 7.64. The molecule has 20 heavy (non-hydrogen) atoms. The first kappa shape index (κ1) is 15.0. The summed E-state index contributed by atoms with van der Waals surface area (Å²) in [5.41, 5.74) is 0. The number of rotatable bonds is 5. The Kier molecular flexibility index (Phi) is 5.17. The van der Waals surface area contributed by atoms with Gasteiger partial charge in [0.15, 0.2) is 0 Å². The molecule has 2 unspecified atom stereocenters. The van der Waals surface area contributed by atoms with Gasteiger partial charge in [-0.25, -0.2) is 9.97 Å². The average molecular weight is 277 g/mol. The van der Waals surface area contributed by atoms with Gasteiger partial charge in [0.05, 0.1) is 0 Å². The Labute approximate surface area is 122 Å². The molecule has 0 bridgehead atoms. The van der Waals surface area contributed by atoms with E-state index in [-0.39, 0.29) is 0 Å². The van der Waals surface area contributed by atoms with Crippen molar-refractivity contribution in [3.63, 3.8) is 0 Å². The lowest BCUT2D eigenvalue weighted by Crippen LogP contribution is -2.42. The van der Waals surface area contributed by atoms with E-state index in [1.54, 1.807) is 0 Å². The summed E-state index contributed by atoms with van der Waals surface area (Å²) in [5, 5.41) is 6.90. The molecule has 1 aliphatic rings. The Morgan fingerprint density at radius 1 is 1.35 bits per heavy atom. The zero-order valence-electron chi connectivity index (χ0n) is 13.1. The number of likely N-dealkylation sites (tertiary alicyclic amines) is 1. The molecule has 0 saturated carbocycles. The highest BCUT2D eigenvalue weighted by Crippen LogP contribution is 2.20. The van der Waals surface area contributed by atoms with Crippen LogP contribution in [0.5, 0.6) is 0 Å². The maximum atomic E-state index is 4.50. The fourth-order valence-electron chi connectivity index (χ4n) is 2.61. The number of nitrogens with one attached hydrogen (secondary N) is 2. The molecule has 5 nitrogen and oxygen atoms in total. The molecule has 2 rings (SSSR count). The van der Waals surface area contributed by atoms with Gasteiger partial charge in [0.2, 0.25) is 0 Å². The Bertz CT molecular complexity index is 434. The summed E-state index contributed by atoms with van der Waals surface area (Å²) in [5.74, 6) is 2.68. The normalized spacial score (nSPS) is 23.6. The van der Waals surface area contributed by atoms with Crippen LogP contribution in [0.4, 0.5) is 11.6 Å². The number of anilines is 2. The van der Waals surface area contributed by atoms with E-state index in [0.29, 0.717) is 12.1 Å². The minimum atomic E-state index is 0.509. The van der Waals surface area contributed by atoms with Crippen LogP contribution in [0.3, 0.4) is 0 Å². The number of piperidine rings is 1. The summed E-state index contributed by atoms with van der Waals surface area (Å²) in [4.78, 5) is 11.3. The molecular formula is C15H27N5. The van der Waals surface area contributed by atoms with Crippen molar-refractivity contribution in [2.24, 2.45) is 0 Å². The zero-order chi connectivity index (χ0) is 14.5. The quantitative estimate of drug-likeness (QED) is 0.866. The Morgan fingerprint density at radius 3 is 2.80 bits per heavy atom. The Balaban J connectivity index is 1.99. The monoisotopic (exact) mass is 277 g/mol. The summed E-state index contributed by atoms with van der Waals surface area (Å²) in [7, 11) is 2.20. The van der Waals surface area contributed by atoms with E-state index in [1.165, 1.54) is 6.42 Å². The van der Waals surface area contributed by atoms with E-state index in [4.69, 9.17) is 0 Å². The molecule has 2 atom stereocenters. The third-order valence-electron chi connectivity index (χ3n) is 3.95. The molecule has 0 amide bonds. The van der Waals surface area contributed by atoms with Crippen LogP contribution < -0.4 is 10.6 Å². The van der Waals surface area contributed by atoms with Gasteiger partial charge >= 0.3 is 0 Å². The molecule has 1 saturated heterocycles. The number of aryl methyl sites for hydroxylation is 1. The van der Waals surface area contributed by atoms with Crippen LogP contribution in [0.2, 0.25) is 0 Å². The van der Waals surface area contributed by atoms with Crippen LogP contribution in [-0.4, -0.2) is 47.1 Å². The first-order chi connectivity index (χ1) is 9.58. The maximum Gasteiger partial charge on any atom is 0.132 e. The van der Waals surface area contributed by atoms with Gasteiger partial charge in [-0.05, 0) is 40.2 Å². The SMILES string of the molecule is CCCNc1cc(NC2CCN(C)C(C)C2)nc(C)n1. The lowest BCUT2D eigenvalue weighted by molar-refractivity contribution is 0.190. The van der Waals surface area contributed by atoms with E-state index in [1.807, 2.05) is 13.0 Å². The summed E-state index contributed by atoms with van der Waals surface area (Å²) in [6, 6.07) is 3.16.